The largest absolute Gasteiger partial charge is 0.395 e. The molecule has 0 saturated carbocycles. The molecule has 0 radical (unpaired) electrons. The minimum atomic E-state index is -4.36. The summed E-state index contributed by atoms with van der Waals surface area (Å²) >= 11 is 4.65. The van der Waals surface area contributed by atoms with E-state index >= 15 is 0 Å². The first-order chi connectivity index (χ1) is 8.84. The van der Waals surface area contributed by atoms with E-state index in [1.165, 1.54) is 12.1 Å². The molecule has 0 aliphatic rings. The van der Waals surface area contributed by atoms with Gasteiger partial charge in [-0.1, -0.05) is 6.07 Å². The van der Waals surface area contributed by atoms with E-state index < -0.39 is 10.1 Å². The molecular formula is C10H15N3O4S2. The smallest absolute Gasteiger partial charge is 0.294 e. The van der Waals surface area contributed by atoms with Crippen molar-refractivity contribution >= 4 is 33.1 Å². The van der Waals surface area contributed by atoms with Gasteiger partial charge in [-0.3, -0.25) is 4.55 Å². The van der Waals surface area contributed by atoms with Gasteiger partial charge in [-0.15, -0.1) is 0 Å². The number of anilines is 1. The highest BCUT2D eigenvalue weighted by atomic mass is 32.2. The molecule has 0 spiro atoms. The molecule has 1 rings (SSSR count). The number of benzene rings is 1. The Balaban J connectivity index is 3.07. The zero-order valence-electron chi connectivity index (χ0n) is 9.96. The van der Waals surface area contributed by atoms with Crippen LogP contribution in [0.4, 0.5) is 5.69 Å². The molecule has 1 aromatic rings. The summed E-state index contributed by atoms with van der Waals surface area (Å²) in [4.78, 5) is -0.237. The molecule has 9 heteroatoms. The van der Waals surface area contributed by atoms with Gasteiger partial charge in [-0.2, -0.15) is 8.42 Å². The third-order valence-corrected chi connectivity index (χ3v) is 3.25. The molecule has 0 fully saturated rings. The minimum Gasteiger partial charge on any atom is -0.395 e. The predicted molar refractivity (Wildman–Crippen MR) is 75.5 cm³/mol. The molecule has 106 valence electrons. The highest BCUT2D eigenvalue weighted by Crippen LogP contribution is 2.20. The fourth-order valence-corrected chi connectivity index (χ4v) is 2.33. The van der Waals surface area contributed by atoms with E-state index in [0.717, 1.165) is 0 Å². The van der Waals surface area contributed by atoms with Crippen LogP contribution in [0.15, 0.2) is 23.1 Å². The normalized spacial score (nSPS) is 11.3. The fourth-order valence-electron chi connectivity index (χ4n) is 1.46. The van der Waals surface area contributed by atoms with Crippen molar-refractivity contribution in [3.05, 3.63) is 23.8 Å². The van der Waals surface area contributed by atoms with Gasteiger partial charge in [0.2, 0.25) is 0 Å². The summed E-state index contributed by atoms with van der Waals surface area (Å²) in [7, 11) is -4.36. The second kappa shape index (κ2) is 6.78. The molecule has 0 unspecified atom stereocenters. The van der Waals surface area contributed by atoms with Crippen LogP contribution in [0.25, 0.3) is 0 Å². The molecular weight excluding hydrogens is 290 g/mol. The van der Waals surface area contributed by atoms with Crippen molar-refractivity contribution in [1.29, 1.82) is 0 Å². The van der Waals surface area contributed by atoms with Crippen molar-refractivity contribution in [2.24, 2.45) is 5.73 Å². The van der Waals surface area contributed by atoms with E-state index in [9.17, 15) is 13.0 Å². The van der Waals surface area contributed by atoms with Gasteiger partial charge in [0.05, 0.1) is 6.61 Å². The lowest BCUT2D eigenvalue weighted by atomic mass is 10.2. The third kappa shape index (κ3) is 5.09. The third-order valence-electron chi connectivity index (χ3n) is 2.22. The van der Waals surface area contributed by atoms with Crippen LogP contribution in [0.1, 0.15) is 5.56 Å². The van der Waals surface area contributed by atoms with Crippen molar-refractivity contribution in [3.8, 4) is 0 Å². The summed E-state index contributed by atoms with van der Waals surface area (Å²) in [5, 5.41) is 14.1. The van der Waals surface area contributed by atoms with Gasteiger partial charge in [0.15, 0.2) is 5.11 Å². The molecule has 0 aliphatic heterocycles. The lowest BCUT2D eigenvalue weighted by Gasteiger charge is -2.11. The number of hydrogen-bond donors (Lipinski definition) is 5. The number of aliphatic hydroxyl groups is 1. The summed E-state index contributed by atoms with van der Waals surface area (Å²) < 4.78 is 31.8. The molecule has 19 heavy (non-hydrogen) atoms. The number of aliphatic hydroxyl groups excluding tert-OH is 1. The van der Waals surface area contributed by atoms with E-state index in [1.54, 1.807) is 6.07 Å². The Morgan fingerprint density at radius 3 is 2.63 bits per heavy atom. The average Bonchev–Trinajstić information content (AvgIpc) is 2.29. The first-order valence-electron chi connectivity index (χ1n) is 5.33. The van der Waals surface area contributed by atoms with Crippen LogP contribution in [0.5, 0.6) is 0 Å². The van der Waals surface area contributed by atoms with E-state index in [2.05, 4.69) is 22.9 Å². The van der Waals surface area contributed by atoms with Gasteiger partial charge in [0.1, 0.15) is 4.90 Å². The molecule has 0 heterocycles. The number of rotatable bonds is 6. The van der Waals surface area contributed by atoms with E-state index in [1.807, 2.05) is 0 Å². The van der Waals surface area contributed by atoms with Crippen LogP contribution < -0.4 is 16.4 Å². The second-order valence-corrected chi connectivity index (χ2v) is 5.52. The van der Waals surface area contributed by atoms with Crippen molar-refractivity contribution in [1.82, 2.24) is 5.32 Å². The van der Waals surface area contributed by atoms with Gasteiger partial charge in [0, 0.05) is 18.8 Å². The lowest BCUT2D eigenvalue weighted by molar-refractivity contribution is 0.292. The SMILES string of the molecule is NC(=S)Nc1ccc(CNCCO)c(S(=O)(=O)O)c1. The molecule has 0 amide bonds. The monoisotopic (exact) mass is 305 g/mol. The Labute approximate surface area is 116 Å². The number of thiocarbonyl (C=S) groups is 1. The van der Waals surface area contributed by atoms with E-state index in [0.29, 0.717) is 17.8 Å². The average molecular weight is 305 g/mol. The van der Waals surface area contributed by atoms with Crippen LogP contribution in [0.2, 0.25) is 0 Å². The maximum Gasteiger partial charge on any atom is 0.294 e. The summed E-state index contributed by atoms with van der Waals surface area (Å²) in [5.74, 6) is 0. The Bertz CT molecular complexity index is 560. The number of nitrogens with two attached hydrogens (primary N) is 1. The zero-order chi connectivity index (χ0) is 14.5. The molecule has 0 atom stereocenters. The first-order valence-corrected chi connectivity index (χ1v) is 7.18. The highest BCUT2D eigenvalue weighted by molar-refractivity contribution is 7.85. The standard InChI is InChI=1S/C10H15N3O4S2/c11-10(18)13-8-2-1-7(6-12-3-4-14)9(5-8)19(15,16)17/h1-2,5,12,14H,3-4,6H2,(H3,11,13,18)(H,15,16,17). The van der Waals surface area contributed by atoms with Crippen molar-refractivity contribution < 1.29 is 18.1 Å². The summed E-state index contributed by atoms with van der Waals surface area (Å²) in [6.45, 7) is 0.448. The van der Waals surface area contributed by atoms with Gasteiger partial charge < -0.3 is 21.5 Å². The van der Waals surface area contributed by atoms with Crippen LogP contribution in [0.3, 0.4) is 0 Å². The lowest BCUT2D eigenvalue weighted by Crippen LogP contribution is -2.21. The Kier molecular flexibility index (Phi) is 5.63. The molecule has 1 aromatic carbocycles. The minimum absolute atomic E-state index is 0.00700. The Morgan fingerprint density at radius 2 is 2.11 bits per heavy atom. The zero-order valence-corrected chi connectivity index (χ0v) is 11.6. The Hall–Kier alpha value is -1.26. The van der Waals surface area contributed by atoms with Gasteiger partial charge in [-0.25, -0.2) is 0 Å². The van der Waals surface area contributed by atoms with Gasteiger partial charge in [0.25, 0.3) is 10.1 Å². The van der Waals surface area contributed by atoms with Crippen molar-refractivity contribution in [2.75, 3.05) is 18.5 Å². The molecule has 0 bridgehead atoms. The van der Waals surface area contributed by atoms with Crippen LogP contribution in [-0.2, 0) is 16.7 Å². The van der Waals surface area contributed by atoms with Crippen molar-refractivity contribution in [2.45, 2.75) is 11.4 Å². The maximum absolute atomic E-state index is 11.3. The predicted octanol–water partition coefficient (Wildman–Crippen LogP) is -0.329. The van der Waals surface area contributed by atoms with E-state index in [4.69, 9.17) is 10.8 Å². The molecule has 7 nitrogen and oxygen atoms in total. The second-order valence-electron chi connectivity index (χ2n) is 3.69. The molecule has 0 saturated heterocycles. The van der Waals surface area contributed by atoms with Gasteiger partial charge >= 0.3 is 0 Å². The maximum atomic E-state index is 11.3. The van der Waals surface area contributed by atoms with Crippen LogP contribution in [-0.4, -0.2) is 36.3 Å². The Morgan fingerprint density at radius 1 is 1.42 bits per heavy atom. The van der Waals surface area contributed by atoms with Crippen LogP contribution in [0, 0.1) is 0 Å². The van der Waals surface area contributed by atoms with Gasteiger partial charge in [-0.05, 0) is 29.9 Å². The summed E-state index contributed by atoms with van der Waals surface area (Å²) in [6.07, 6.45) is 0. The topological polar surface area (TPSA) is 125 Å². The number of hydrogen-bond acceptors (Lipinski definition) is 5. The van der Waals surface area contributed by atoms with E-state index in [-0.39, 0.29) is 23.2 Å². The fraction of sp³-hybridized carbons (Fsp3) is 0.300. The highest BCUT2D eigenvalue weighted by Gasteiger charge is 2.16. The molecule has 0 aromatic heterocycles. The van der Waals surface area contributed by atoms with Crippen molar-refractivity contribution in [3.63, 3.8) is 0 Å². The van der Waals surface area contributed by atoms with Crippen LogP contribution >= 0.6 is 12.2 Å². The quantitative estimate of drug-likeness (QED) is 0.275. The number of nitrogens with one attached hydrogen (secondary N) is 2. The molecule has 6 N–H and O–H groups in total. The summed E-state index contributed by atoms with van der Waals surface area (Å²) in [5.41, 5.74) is 6.03. The molecule has 0 aliphatic carbocycles. The first kappa shape index (κ1) is 15.8. The summed E-state index contributed by atoms with van der Waals surface area (Å²) in [6, 6.07) is 4.35.